The van der Waals surface area contributed by atoms with Gasteiger partial charge in [0.25, 0.3) is 0 Å². The molecule has 65 valence electrons. The maximum absolute atomic E-state index is 12.8. The van der Waals surface area contributed by atoms with E-state index in [0.29, 0.717) is 5.56 Å². The summed E-state index contributed by atoms with van der Waals surface area (Å²) in [6.07, 6.45) is 0. The van der Waals surface area contributed by atoms with E-state index in [-0.39, 0.29) is 11.7 Å². The number of hydrogen-bond acceptors (Lipinski definition) is 0. The summed E-state index contributed by atoms with van der Waals surface area (Å²) in [5.41, 5.74) is 1.28. The fourth-order valence-corrected chi connectivity index (χ4v) is 1.01. The molecule has 1 aromatic rings. The molecular weight excluding hydrogens is 158 g/mol. The summed E-state index contributed by atoms with van der Waals surface area (Å²) in [4.78, 5) is 0. The normalized spacial score (nSPS) is 13.0. The van der Waals surface area contributed by atoms with E-state index >= 15 is 0 Å². The molecule has 0 spiro atoms. The largest absolute Gasteiger partial charge is 0.250 e. The van der Waals surface area contributed by atoms with Crippen LogP contribution in [0.5, 0.6) is 0 Å². The van der Waals surface area contributed by atoms with Crippen molar-refractivity contribution in [1.29, 1.82) is 0 Å². The highest BCUT2D eigenvalue weighted by molar-refractivity contribution is 5.27. The minimum atomic E-state index is -0.509. The molecular formula is C10H11F2. The van der Waals surface area contributed by atoms with E-state index in [2.05, 4.69) is 6.92 Å². The van der Waals surface area contributed by atoms with Gasteiger partial charge >= 0.3 is 0 Å². The lowest BCUT2D eigenvalue weighted by Crippen LogP contribution is -1.97. The van der Waals surface area contributed by atoms with Crippen molar-refractivity contribution in [3.63, 3.8) is 0 Å². The van der Waals surface area contributed by atoms with Crippen LogP contribution in [0.15, 0.2) is 18.2 Å². The Kier molecular flexibility index (Phi) is 2.79. The van der Waals surface area contributed by atoms with Gasteiger partial charge in [-0.2, -0.15) is 0 Å². The van der Waals surface area contributed by atoms with Gasteiger partial charge < -0.3 is 0 Å². The summed E-state index contributed by atoms with van der Waals surface area (Å²) >= 11 is 0. The first-order valence-electron chi connectivity index (χ1n) is 3.80. The zero-order chi connectivity index (χ0) is 9.14. The number of rotatable bonds is 2. The summed E-state index contributed by atoms with van der Waals surface area (Å²) in [5.74, 6) is -0.644. The van der Waals surface area contributed by atoms with Gasteiger partial charge in [0.15, 0.2) is 0 Å². The predicted molar refractivity (Wildman–Crippen MR) is 45.2 cm³/mol. The average molecular weight is 169 g/mol. The van der Waals surface area contributed by atoms with Crippen molar-refractivity contribution in [2.75, 3.05) is 6.67 Å². The molecule has 0 aromatic heterocycles. The number of benzene rings is 1. The molecule has 2 heteroatoms. The van der Waals surface area contributed by atoms with Gasteiger partial charge in [0.05, 0.1) is 6.67 Å². The first kappa shape index (κ1) is 9.17. The second-order valence-corrected chi connectivity index (χ2v) is 2.86. The monoisotopic (exact) mass is 169 g/mol. The van der Waals surface area contributed by atoms with Crippen LogP contribution in [0.25, 0.3) is 0 Å². The van der Waals surface area contributed by atoms with Crippen molar-refractivity contribution in [2.45, 2.75) is 12.8 Å². The fourth-order valence-electron chi connectivity index (χ4n) is 1.01. The van der Waals surface area contributed by atoms with Crippen LogP contribution in [-0.4, -0.2) is 6.67 Å². The first-order valence-corrected chi connectivity index (χ1v) is 3.80. The lowest BCUT2D eigenvalue weighted by molar-refractivity contribution is 0.465. The lowest BCUT2D eigenvalue weighted by Gasteiger charge is -2.07. The molecule has 0 amide bonds. The van der Waals surface area contributed by atoms with Crippen molar-refractivity contribution < 1.29 is 8.78 Å². The van der Waals surface area contributed by atoms with E-state index < -0.39 is 6.67 Å². The van der Waals surface area contributed by atoms with E-state index in [1.54, 1.807) is 19.1 Å². The van der Waals surface area contributed by atoms with Gasteiger partial charge in [0.2, 0.25) is 0 Å². The Balaban J connectivity index is 2.96. The van der Waals surface area contributed by atoms with Gasteiger partial charge in [0.1, 0.15) is 5.82 Å². The zero-order valence-electron chi connectivity index (χ0n) is 6.98. The summed E-state index contributed by atoms with van der Waals surface area (Å²) in [6, 6.07) is 4.55. The Morgan fingerprint density at radius 3 is 2.67 bits per heavy atom. The highest BCUT2D eigenvalue weighted by atomic mass is 19.1. The van der Waals surface area contributed by atoms with Crippen LogP contribution in [-0.2, 0) is 0 Å². The summed E-state index contributed by atoms with van der Waals surface area (Å²) in [5, 5.41) is 0. The third-order valence-electron chi connectivity index (χ3n) is 1.84. The van der Waals surface area contributed by atoms with Crippen LogP contribution in [0.1, 0.15) is 17.0 Å². The van der Waals surface area contributed by atoms with Crippen LogP contribution >= 0.6 is 0 Å². The van der Waals surface area contributed by atoms with Crippen LogP contribution in [0.2, 0.25) is 0 Å². The second kappa shape index (κ2) is 3.65. The topological polar surface area (TPSA) is 0 Å². The molecule has 0 heterocycles. The number of halogens is 2. The van der Waals surface area contributed by atoms with Crippen LogP contribution in [0, 0.1) is 19.7 Å². The lowest BCUT2D eigenvalue weighted by atomic mass is 10.0. The summed E-state index contributed by atoms with van der Waals surface area (Å²) < 4.78 is 24.9. The van der Waals surface area contributed by atoms with Crippen LogP contribution in [0.3, 0.4) is 0 Å². The molecule has 1 unspecified atom stereocenters. The molecule has 1 radical (unpaired) electrons. The molecule has 0 fully saturated rings. The molecule has 0 saturated carbocycles. The third-order valence-corrected chi connectivity index (χ3v) is 1.84. The third kappa shape index (κ3) is 1.81. The van der Waals surface area contributed by atoms with Gasteiger partial charge in [0, 0.05) is 5.92 Å². The standard InChI is InChI=1S/C10H11F2/c1-7-5-9(8(2)6-11)3-4-10(7)12/h3-5,8H,2,6H2,1H3. The summed E-state index contributed by atoms with van der Waals surface area (Å²) in [6.45, 7) is 4.75. The SMILES string of the molecule is [CH2]C(CF)c1ccc(F)c(C)c1. The van der Waals surface area contributed by atoms with E-state index in [0.717, 1.165) is 5.56 Å². The number of alkyl halides is 1. The van der Waals surface area contributed by atoms with Gasteiger partial charge in [-0.25, -0.2) is 4.39 Å². The molecule has 12 heavy (non-hydrogen) atoms. The Morgan fingerprint density at radius 2 is 2.17 bits per heavy atom. The van der Waals surface area contributed by atoms with Gasteiger partial charge in [-0.15, -0.1) is 0 Å². The van der Waals surface area contributed by atoms with E-state index in [4.69, 9.17) is 0 Å². The zero-order valence-corrected chi connectivity index (χ0v) is 6.98. The molecule has 1 rings (SSSR count). The molecule has 0 N–H and O–H groups in total. The van der Waals surface area contributed by atoms with Crippen molar-refractivity contribution in [2.24, 2.45) is 0 Å². The molecule has 0 bridgehead atoms. The van der Waals surface area contributed by atoms with E-state index in [9.17, 15) is 8.78 Å². The maximum Gasteiger partial charge on any atom is 0.126 e. The second-order valence-electron chi connectivity index (χ2n) is 2.86. The van der Waals surface area contributed by atoms with Crippen molar-refractivity contribution in [3.05, 3.63) is 42.1 Å². The highest BCUT2D eigenvalue weighted by Crippen LogP contribution is 2.17. The highest BCUT2D eigenvalue weighted by Gasteiger charge is 2.06. The maximum atomic E-state index is 12.8. The molecule has 0 aliphatic rings. The Morgan fingerprint density at radius 1 is 1.50 bits per heavy atom. The van der Waals surface area contributed by atoms with Crippen LogP contribution in [0.4, 0.5) is 8.78 Å². The van der Waals surface area contributed by atoms with E-state index in [1.807, 2.05) is 0 Å². The van der Waals surface area contributed by atoms with Crippen molar-refractivity contribution in [3.8, 4) is 0 Å². The number of hydrogen-bond donors (Lipinski definition) is 0. The number of aryl methyl sites for hydroxylation is 1. The Labute approximate surface area is 71.2 Å². The first-order chi connectivity index (χ1) is 5.65. The fraction of sp³-hybridized carbons (Fsp3) is 0.300. The molecule has 1 aromatic carbocycles. The van der Waals surface area contributed by atoms with Gasteiger partial charge in [-0.3, -0.25) is 4.39 Å². The van der Waals surface area contributed by atoms with Crippen molar-refractivity contribution >= 4 is 0 Å². The minimum Gasteiger partial charge on any atom is -0.250 e. The summed E-state index contributed by atoms with van der Waals surface area (Å²) in [7, 11) is 0. The molecule has 0 saturated heterocycles. The molecule has 1 atom stereocenters. The van der Waals surface area contributed by atoms with Gasteiger partial charge in [-0.1, -0.05) is 12.1 Å². The molecule has 0 nitrogen and oxygen atoms in total. The minimum absolute atomic E-state index is 0.259. The Bertz CT molecular complexity index is 269. The molecule has 0 aliphatic heterocycles. The predicted octanol–water partition coefficient (Wildman–Crippen LogP) is 3.02. The van der Waals surface area contributed by atoms with Crippen LogP contribution < -0.4 is 0 Å². The van der Waals surface area contributed by atoms with E-state index in [1.165, 1.54) is 6.07 Å². The quantitative estimate of drug-likeness (QED) is 0.638. The smallest absolute Gasteiger partial charge is 0.126 e. The van der Waals surface area contributed by atoms with Gasteiger partial charge in [-0.05, 0) is 31.0 Å². The Hall–Kier alpha value is -0.920. The van der Waals surface area contributed by atoms with Crippen molar-refractivity contribution in [1.82, 2.24) is 0 Å². The average Bonchev–Trinajstić information content (AvgIpc) is 2.08. The molecule has 0 aliphatic carbocycles.